The van der Waals surface area contributed by atoms with Gasteiger partial charge >= 0.3 is 5.97 Å². The van der Waals surface area contributed by atoms with E-state index in [1.54, 1.807) is 0 Å². The van der Waals surface area contributed by atoms with Gasteiger partial charge in [-0.05, 0) is 41.3 Å². The van der Waals surface area contributed by atoms with Crippen molar-refractivity contribution in [3.63, 3.8) is 0 Å². The van der Waals surface area contributed by atoms with Crippen molar-refractivity contribution in [3.05, 3.63) is 59.4 Å². The minimum absolute atomic E-state index is 0.0316. The highest BCUT2D eigenvalue weighted by molar-refractivity contribution is 5.89. The fourth-order valence-corrected chi connectivity index (χ4v) is 2.07. The predicted molar refractivity (Wildman–Crippen MR) is 72.8 cm³/mol. The second-order valence-electron chi connectivity index (χ2n) is 4.48. The molecule has 0 atom stereocenters. The third-order valence-electron chi connectivity index (χ3n) is 2.94. The average Bonchev–Trinajstić information content (AvgIpc) is 2.38. The van der Waals surface area contributed by atoms with Crippen molar-refractivity contribution in [2.75, 3.05) is 0 Å². The summed E-state index contributed by atoms with van der Waals surface area (Å²) in [5.41, 5.74) is 2.57. The van der Waals surface area contributed by atoms with E-state index in [1.165, 1.54) is 17.7 Å². The summed E-state index contributed by atoms with van der Waals surface area (Å²) in [6.07, 6.45) is 1.99. The molecule has 0 radical (unpaired) electrons. The van der Waals surface area contributed by atoms with Gasteiger partial charge in [0.15, 0.2) is 0 Å². The summed E-state index contributed by atoms with van der Waals surface area (Å²) in [6, 6.07) is 11.6. The lowest BCUT2D eigenvalue weighted by Gasteiger charge is -2.06. The summed E-state index contributed by atoms with van der Waals surface area (Å²) in [5.74, 6) is -1.65. The van der Waals surface area contributed by atoms with Gasteiger partial charge in [0.25, 0.3) is 0 Å². The third-order valence-corrected chi connectivity index (χ3v) is 2.94. The van der Waals surface area contributed by atoms with E-state index in [-0.39, 0.29) is 5.56 Å². The number of rotatable bonds is 4. The molecule has 2 aromatic rings. The zero-order valence-electron chi connectivity index (χ0n) is 10.7. The molecule has 0 aliphatic carbocycles. The van der Waals surface area contributed by atoms with Crippen LogP contribution in [0.1, 0.15) is 29.3 Å². The van der Waals surface area contributed by atoms with E-state index in [9.17, 15) is 9.18 Å². The maximum atomic E-state index is 13.5. The van der Waals surface area contributed by atoms with Gasteiger partial charge in [-0.3, -0.25) is 0 Å². The van der Waals surface area contributed by atoms with E-state index in [1.807, 2.05) is 24.3 Å². The van der Waals surface area contributed by atoms with Crippen LogP contribution in [-0.2, 0) is 6.42 Å². The second-order valence-corrected chi connectivity index (χ2v) is 4.48. The Balaban J connectivity index is 2.46. The normalized spacial score (nSPS) is 10.4. The Morgan fingerprint density at radius 2 is 1.95 bits per heavy atom. The standard InChI is InChI=1S/C16H15FO2/c1-2-4-11-5-3-6-12(7-11)13-8-14(16(18)19)10-15(17)9-13/h3,5-10H,2,4H2,1H3,(H,18,19). The molecule has 19 heavy (non-hydrogen) atoms. The average molecular weight is 258 g/mol. The van der Waals surface area contributed by atoms with E-state index in [0.29, 0.717) is 5.56 Å². The minimum Gasteiger partial charge on any atom is -0.478 e. The number of carboxylic acids is 1. The van der Waals surface area contributed by atoms with Crippen LogP contribution in [-0.4, -0.2) is 11.1 Å². The molecule has 0 unspecified atom stereocenters. The smallest absolute Gasteiger partial charge is 0.335 e. The van der Waals surface area contributed by atoms with Gasteiger partial charge in [-0.25, -0.2) is 9.18 Å². The first kappa shape index (κ1) is 13.3. The van der Waals surface area contributed by atoms with Crippen LogP contribution in [0.3, 0.4) is 0 Å². The summed E-state index contributed by atoms with van der Waals surface area (Å²) < 4.78 is 13.5. The van der Waals surface area contributed by atoms with E-state index in [2.05, 4.69) is 6.92 Å². The molecule has 0 aliphatic heterocycles. The number of aryl methyl sites for hydroxylation is 1. The number of carboxylic acid groups (broad SMARTS) is 1. The van der Waals surface area contributed by atoms with Gasteiger partial charge in [-0.15, -0.1) is 0 Å². The summed E-state index contributed by atoms with van der Waals surface area (Å²) in [5, 5.41) is 8.95. The number of hydrogen-bond donors (Lipinski definition) is 1. The van der Waals surface area contributed by atoms with Crippen molar-refractivity contribution in [1.29, 1.82) is 0 Å². The van der Waals surface area contributed by atoms with Crippen molar-refractivity contribution in [2.24, 2.45) is 0 Å². The maximum absolute atomic E-state index is 13.5. The highest BCUT2D eigenvalue weighted by atomic mass is 19.1. The van der Waals surface area contributed by atoms with E-state index in [0.717, 1.165) is 24.5 Å². The molecule has 3 heteroatoms. The van der Waals surface area contributed by atoms with Gasteiger partial charge in [-0.2, -0.15) is 0 Å². The molecular formula is C16H15FO2. The van der Waals surface area contributed by atoms with Crippen molar-refractivity contribution in [2.45, 2.75) is 19.8 Å². The Morgan fingerprint density at radius 3 is 2.63 bits per heavy atom. The SMILES string of the molecule is CCCc1cccc(-c2cc(F)cc(C(=O)O)c2)c1. The van der Waals surface area contributed by atoms with Crippen molar-refractivity contribution in [1.82, 2.24) is 0 Å². The Kier molecular flexibility index (Phi) is 3.95. The van der Waals surface area contributed by atoms with Crippen molar-refractivity contribution >= 4 is 5.97 Å². The molecular weight excluding hydrogens is 243 g/mol. The van der Waals surface area contributed by atoms with Crippen molar-refractivity contribution in [3.8, 4) is 11.1 Å². The molecule has 1 N–H and O–H groups in total. The van der Waals surface area contributed by atoms with Gasteiger partial charge in [0, 0.05) is 0 Å². The van der Waals surface area contributed by atoms with E-state index in [4.69, 9.17) is 5.11 Å². The number of hydrogen-bond acceptors (Lipinski definition) is 1. The van der Waals surface area contributed by atoms with E-state index < -0.39 is 11.8 Å². The number of halogens is 1. The molecule has 0 saturated heterocycles. The van der Waals surface area contributed by atoms with E-state index >= 15 is 0 Å². The topological polar surface area (TPSA) is 37.3 Å². The molecule has 0 aromatic heterocycles. The molecule has 2 aromatic carbocycles. The lowest BCUT2D eigenvalue weighted by atomic mass is 9.99. The number of carbonyl (C=O) groups is 1. The van der Waals surface area contributed by atoms with Gasteiger partial charge in [0.05, 0.1) is 5.56 Å². The zero-order valence-corrected chi connectivity index (χ0v) is 10.7. The molecule has 98 valence electrons. The number of benzene rings is 2. The Hall–Kier alpha value is -2.16. The quantitative estimate of drug-likeness (QED) is 0.894. The Morgan fingerprint density at radius 1 is 1.16 bits per heavy atom. The van der Waals surface area contributed by atoms with Crippen LogP contribution in [0.5, 0.6) is 0 Å². The molecule has 0 spiro atoms. The van der Waals surface area contributed by atoms with Crippen LogP contribution >= 0.6 is 0 Å². The van der Waals surface area contributed by atoms with Gasteiger partial charge in [0.1, 0.15) is 5.82 Å². The van der Waals surface area contributed by atoms with Crippen LogP contribution in [0.25, 0.3) is 11.1 Å². The summed E-state index contributed by atoms with van der Waals surface area (Å²) in [6.45, 7) is 2.09. The van der Waals surface area contributed by atoms with Gasteiger partial charge < -0.3 is 5.11 Å². The van der Waals surface area contributed by atoms with Crippen LogP contribution in [0, 0.1) is 5.82 Å². The number of aromatic carboxylic acids is 1. The summed E-state index contributed by atoms with van der Waals surface area (Å²) in [7, 11) is 0. The molecule has 0 aliphatic rings. The second kappa shape index (κ2) is 5.65. The molecule has 0 bridgehead atoms. The predicted octanol–water partition coefficient (Wildman–Crippen LogP) is 4.14. The largest absolute Gasteiger partial charge is 0.478 e. The minimum atomic E-state index is -1.12. The molecule has 0 heterocycles. The third kappa shape index (κ3) is 3.19. The highest BCUT2D eigenvalue weighted by Gasteiger charge is 2.08. The summed E-state index contributed by atoms with van der Waals surface area (Å²) in [4.78, 5) is 10.9. The molecule has 2 rings (SSSR count). The van der Waals surface area contributed by atoms with Gasteiger partial charge in [-0.1, -0.05) is 37.6 Å². The van der Waals surface area contributed by atoms with Crippen LogP contribution in [0.2, 0.25) is 0 Å². The fourth-order valence-electron chi connectivity index (χ4n) is 2.07. The molecule has 0 saturated carbocycles. The summed E-state index contributed by atoms with van der Waals surface area (Å²) >= 11 is 0. The zero-order chi connectivity index (χ0) is 13.8. The molecule has 0 amide bonds. The highest BCUT2D eigenvalue weighted by Crippen LogP contribution is 2.23. The maximum Gasteiger partial charge on any atom is 0.335 e. The monoisotopic (exact) mass is 258 g/mol. The molecule has 2 nitrogen and oxygen atoms in total. The lowest BCUT2D eigenvalue weighted by molar-refractivity contribution is 0.0696. The first-order valence-electron chi connectivity index (χ1n) is 6.23. The molecule has 0 fully saturated rings. The van der Waals surface area contributed by atoms with Gasteiger partial charge in [0.2, 0.25) is 0 Å². The Bertz CT molecular complexity index is 605. The van der Waals surface area contributed by atoms with Crippen LogP contribution < -0.4 is 0 Å². The Labute approximate surface area is 111 Å². The van der Waals surface area contributed by atoms with Crippen LogP contribution in [0.4, 0.5) is 4.39 Å². The van der Waals surface area contributed by atoms with Crippen molar-refractivity contribution < 1.29 is 14.3 Å². The van der Waals surface area contributed by atoms with Crippen LogP contribution in [0.15, 0.2) is 42.5 Å². The first-order chi connectivity index (χ1) is 9.10. The first-order valence-corrected chi connectivity index (χ1v) is 6.23. The fraction of sp³-hybridized carbons (Fsp3) is 0.188. The lowest BCUT2D eigenvalue weighted by Crippen LogP contribution is -1.97.